The summed E-state index contributed by atoms with van der Waals surface area (Å²) in [5.74, 6) is 1.06. The van der Waals surface area contributed by atoms with E-state index in [0.717, 1.165) is 29.9 Å². The van der Waals surface area contributed by atoms with Gasteiger partial charge in [0.1, 0.15) is 11.8 Å². The molecule has 4 fully saturated rings. The first-order valence-corrected chi connectivity index (χ1v) is 16.7. The maximum absolute atomic E-state index is 13.3. The molecule has 44 heavy (non-hydrogen) atoms. The average molecular weight is 614 g/mol. The summed E-state index contributed by atoms with van der Waals surface area (Å²) in [6.45, 7) is 18.2. The van der Waals surface area contributed by atoms with E-state index in [1.165, 1.54) is 57.0 Å². The molecule has 0 unspecified atom stereocenters. The van der Waals surface area contributed by atoms with Crippen molar-refractivity contribution in [3.8, 4) is 0 Å². The van der Waals surface area contributed by atoms with Crippen LogP contribution in [-0.4, -0.2) is 46.5 Å². The third-order valence-corrected chi connectivity index (χ3v) is 13.5. The van der Waals surface area contributed by atoms with Crippen LogP contribution in [0.1, 0.15) is 120 Å². The van der Waals surface area contributed by atoms with E-state index in [-0.39, 0.29) is 40.8 Å². The molecule has 0 aromatic carbocycles. The summed E-state index contributed by atoms with van der Waals surface area (Å²) in [5, 5.41) is 16.0. The number of rotatable bonds is 3. The molecule has 10 heteroatoms. The number of carbonyl (C=O) groups is 3. The number of amides is 1. The lowest BCUT2D eigenvalue weighted by Crippen LogP contribution is -2.64. The van der Waals surface area contributed by atoms with Crippen LogP contribution in [0.25, 0.3) is 0 Å². The highest BCUT2D eigenvalue weighted by Gasteiger charge is 2.70. The summed E-state index contributed by atoms with van der Waals surface area (Å²) >= 11 is 0. The van der Waals surface area contributed by atoms with Gasteiger partial charge in [0.15, 0.2) is 5.78 Å². The topological polar surface area (TPSA) is 124 Å². The van der Waals surface area contributed by atoms with Gasteiger partial charge >= 0.3 is 5.97 Å². The van der Waals surface area contributed by atoms with Crippen LogP contribution in [-0.2, 0) is 19.3 Å². The standard InChI is InChI=1S/C30H46O4.C4H9N5O/c1-18(2)23-20(31)17-30(25(32)34-33)16-15-28(6)19(24(23)30)9-10-22-27(5)13-8-12-26(3,4)21(27)11-14-29(22,28)7;1-4(10)6-9-5-3-8(2)7-9/h18-19,21-22,33H,8-17H2,1-7H3;3,7H,1-2H3,(H,6,10)/t19-,21+,22-,27+,28-,29-,30-;/m1./s1. The molecule has 3 N–H and O–H groups in total. The van der Waals surface area contributed by atoms with Gasteiger partial charge in [0.25, 0.3) is 0 Å². The van der Waals surface area contributed by atoms with E-state index in [1.807, 2.05) is 0 Å². The van der Waals surface area contributed by atoms with Gasteiger partial charge < -0.3 is 4.89 Å². The maximum Gasteiger partial charge on any atom is 0.352 e. The summed E-state index contributed by atoms with van der Waals surface area (Å²) in [6, 6.07) is 0. The van der Waals surface area contributed by atoms with Crippen LogP contribution in [0.15, 0.2) is 16.2 Å². The number of carbonyl (C=O) groups excluding carboxylic acids is 3. The van der Waals surface area contributed by atoms with Gasteiger partial charge in [-0.25, -0.2) is 10.2 Å². The Hall–Kier alpha value is -2.46. The molecular formula is C34H55N5O5. The van der Waals surface area contributed by atoms with Crippen molar-refractivity contribution in [2.24, 2.45) is 55.8 Å². The summed E-state index contributed by atoms with van der Waals surface area (Å²) < 4.78 is 0. The van der Waals surface area contributed by atoms with Crippen LogP contribution in [0, 0.1) is 50.7 Å². The molecule has 10 nitrogen and oxygen atoms in total. The number of hydrazine groups is 3. The molecule has 6 aliphatic rings. The number of Topliss-reactive ketones (excluding diaryl/α,β-unsaturated/α-hetero) is 1. The van der Waals surface area contributed by atoms with Crippen LogP contribution in [0.5, 0.6) is 0 Å². The molecule has 0 saturated heterocycles. The fourth-order valence-electron chi connectivity index (χ4n) is 11.6. The van der Waals surface area contributed by atoms with Crippen molar-refractivity contribution < 1.29 is 24.5 Å². The first-order chi connectivity index (χ1) is 20.5. The van der Waals surface area contributed by atoms with Gasteiger partial charge in [0.2, 0.25) is 5.91 Å². The predicted molar refractivity (Wildman–Crippen MR) is 168 cm³/mol. The van der Waals surface area contributed by atoms with E-state index >= 15 is 0 Å². The van der Waals surface area contributed by atoms with Gasteiger partial charge in [0.05, 0.1) is 0 Å². The van der Waals surface area contributed by atoms with Gasteiger partial charge in [-0.1, -0.05) is 54.9 Å². The van der Waals surface area contributed by atoms with Crippen molar-refractivity contribution in [2.75, 3.05) is 7.05 Å². The number of ketones is 1. The molecule has 1 amide bonds. The molecule has 1 heterocycles. The van der Waals surface area contributed by atoms with E-state index in [2.05, 4.69) is 69.4 Å². The van der Waals surface area contributed by atoms with E-state index < -0.39 is 11.4 Å². The Morgan fingerprint density at radius 2 is 1.73 bits per heavy atom. The Kier molecular flexibility index (Phi) is 8.31. The minimum atomic E-state index is -0.952. The minimum Gasteiger partial charge on any atom is -0.300 e. The van der Waals surface area contributed by atoms with Gasteiger partial charge in [-0.15, -0.1) is 15.9 Å². The Labute approximate surface area is 263 Å². The number of hydrogen-bond acceptors (Lipinski definition) is 9. The summed E-state index contributed by atoms with van der Waals surface area (Å²) in [7, 11) is 1.77. The maximum atomic E-state index is 13.3. The third-order valence-electron chi connectivity index (χ3n) is 13.5. The first-order valence-electron chi connectivity index (χ1n) is 16.7. The number of fused-ring (bicyclic) bond motifs is 7. The molecule has 246 valence electrons. The fourth-order valence-corrected chi connectivity index (χ4v) is 11.6. The summed E-state index contributed by atoms with van der Waals surface area (Å²) in [6.07, 6.45) is 12.0. The zero-order valence-corrected chi connectivity index (χ0v) is 28.4. The monoisotopic (exact) mass is 613 g/mol. The van der Waals surface area contributed by atoms with Crippen molar-refractivity contribution in [3.63, 3.8) is 0 Å². The number of hydrogen-bond donors (Lipinski definition) is 3. The SMILES string of the molecule is CC(=O)NN1N=CN(C)N1.CC(C)C1=C2[C@H]3CC[C@@H]4[C@@]5(C)CCCC(C)(C)[C@@H]5CC[C@@]4(C)[C@]3(C)CC[C@@]2(C(=O)OO)CC1=O. The second-order valence-electron chi connectivity index (χ2n) is 16.4. The summed E-state index contributed by atoms with van der Waals surface area (Å²) in [4.78, 5) is 41.2. The van der Waals surface area contributed by atoms with Crippen LogP contribution >= 0.6 is 0 Å². The minimum absolute atomic E-state index is 0.0464. The van der Waals surface area contributed by atoms with Crippen molar-refractivity contribution in [2.45, 2.75) is 120 Å². The normalized spacial score (nSPS) is 40.4. The van der Waals surface area contributed by atoms with Crippen LogP contribution in [0.4, 0.5) is 0 Å². The van der Waals surface area contributed by atoms with E-state index in [9.17, 15) is 19.6 Å². The zero-order chi connectivity index (χ0) is 32.5. The van der Waals surface area contributed by atoms with Gasteiger partial charge in [-0.3, -0.25) is 14.6 Å². The Morgan fingerprint density at radius 1 is 1.02 bits per heavy atom. The third kappa shape index (κ3) is 4.81. The molecule has 0 bridgehead atoms. The average Bonchev–Trinajstić information content (AvgIpc) is 3.47. The number of nitrogens with zero attached hydrogens (tertiary/aromatic N) is 3. The molecule has 5 aliphatic carbocycles. The van der Waals surface area contributed by atoms with E-state index in [4.69, 9.17) is 0 Å². The smallest absolute Gasteiger partial charge is 0.300 e. The van der Waals surface area contributed by atoms with E-state index in [0.29, 0.717) is 23.2 Å². The highest BCUT2D eigenvalue weighted by Crippen LogP contribution is 2.76. The van der Waals surface area contributed by atoms with Crippen molar-refractivity contribution >= 4 is 24.0 Å². The second kappa shape index (κ2) is 11.1. The molecule has 1 aliphatic heterocycles. The number of nitrogens with one attached hydrogen (secondary N) is 2. The zero-order valence-electron chi connectivity index (χ0n) is 28.4. The molecule has 0 aromatic rings. The van der Waals surface area contributed by atoms with Gasteiger partial charge in [0, 0.05) is 20.4 Å². The molecule has 4 saturated carbocycles. The lowest BCUT2D eigenvalue weighted by atomic mass is 9.33. The molecular weight excluding hydrogens is 558 g/mol. The molecule has 7 atom stereocenters. The highest BCUT2D eigenvalue weighted by molar-refractivity contribution is 6.05. The van der Waals surface area contributed by atoms with Crippen molar-refractivity contribution in [1.29, 1.82) is 0 Å². The Morgan fingerprint density at radius 3 is 2.32 bits per heavy atom. The van der Waals surface area contributed by atoms with Crippen molar-refractivity contribution in [3.05, 3.63) is 11.1 Å². The quantitative estimate of drug-likeness (QED) is 0.261. The lowest BCUT2D eigenvalue weighted by molar-refractivity contribution is -0.250. The summed E-state index contributed by atoms with van der Waals surface area (Å²) in [5.41, 5.74) is 7.08. The molecule has 6 rings (SSSR count). The lowest BCUT2D eigenvalue weighted by Gasteiger charge is -2.71. The Bertz CT molecular complexity index is 1260. The Balaban J connectivity index is 0.000000328. The number of allylic oxidation sites excluding steroid dienone is 1. The van der Waals surface area contributed by atoms with E-state index in [1.54, 1.807) is 12.1 Å². The largest absolute Gasteiger partial charge is 0.352 e. The van der Waals surface area contributed by atoms with Crippen LogP contribution in [0.3, 0.4) is 0 Å². The van der Waals surface area contributed by atoms with Gasteiger partial charge in [-0.2, -0.15) is 5.26 Å². The molecule has 0 spiro atoms. The fraction of sp³-hybridized carbons (Fsp3) is 0.824. The van der Waals surface area contributed by atoms with Crippen molar-refractivity contribution in [1.82, 2.24) is 21.2 Å². The van der Waals surface area contributed by atoms with Crippen LogP contribution < -0.4 is 11.0 Å². The highest BCUT2D eigenvalue weighted by atomic mass is 17.1. The van der Waals surface area contributed by atoms with Crippen LogP contribution in [0.2, 0.25) is 0 Å². The predicted octanol–water partition coefficient (Wildman–Crippen LogP) is 6.02. The number of hydrazone groups is 1. The molecule has 0 radical (unpaired) electrons. The molecule has 0 aromatic heterocycles. The second-order valence-corrected chi connectivity index (χ2v) is 16.4. The first kappa shape index (κ1) is 32.9. The van der Waals surface area contributed by atoms with Gasteiger partial charge in [-0.05, 0) is 108 Å².